The SMILES string of the molecule is Cc1cc(C(=O)CCCN2CCCCC2)cs1. The summed E-state index contributed by atoms with van der Waals surface area (Å²) in [5.41, 5.74) is 0.908. The predicted molar refractivity (Wildman–Crippen MR) is 72.9 cm³/mol. The summed E-state index contributed by atoms with van der Waals surface area (Å²) >= 11 is 1.66. The fraction of sp³-hybridized carbons (Fsp3) is 0.643. The normalized spacial score (nSPS) is 17.2. The Morgan fingerprint density at radius 1 is 1.35 bits per heavy atom. The molecule has 1 aliphatic heterocycles. The van der Waals surface area contributed by atoms with Crippen molar-refractivity contribution in [1.29, 1.82) is 0 Å². The number of ketones is 1. The Morgan fingerprint density at radius 3 is 2.76 bits per heavy atom. The van der Waals surface area contributed by atoms with Crippen LogP contribution in [0.3, 0.4) is 0 Å². The molecule has 1 fully saturated rings. The number of thiophene rings is 1. The Hall–Kier alpha value is -0.670. The van der Waals surface area contributed by atoms with Gasteiger partial charge >= 0.3 is 0 Å². The van der Waals surface area contributed by atoms with Gasteiger partial charge in [-0.25, -0.2) is 0 Å². The van der Waals surface area contributed by atoms with Gasteiger partial charge in [0.05, 0.1) is 0 Å². The largest absolute Gasteiger partial charge is 0.303 e. The maximum absolute atomic E-state index is 11.9. The molecule has 0 atom stereocenters. The third-order valence-corrected chi connectivity index (χ3v) is 4.24. The average Bonchev–Trinajstić information content (AvgIpc) is 2.77. The Morgan fingerprint density at radius 2 is 2.12 bits per heavy atom. The third kappa shape index (κ3) is 3.93. The van der Waals surface area contributed by atoms with Gasteiger partial charge in [-0.05, 0) is 51.9 Å². The number of nitrogens with zero attached hydrogens (tertiary/aromatic N) is 1. The van der Waals surface area contributed by atoms with Crippen LogP contribution in [0.2, 0.25) is 0 Å². The molecule has 0 N–H and O–H groups in total. The van der Waals surface area contributed by atoms with Crippen LogP contribution in [-0.2, 0) is 0 Å². The highest BCUT2D eigenvalue weighted by molar-refractivity contribution is 7.10. The molecule has 2 nitrogen and oxygen atoms in total. The molecule has 94 valence electrons. The Balaban J connectivity index is 1.69. The zero-order chi connectivity index (χ0) is 12.1. The molecular formula is C14H21NOS. The van der Waals surface area contributed by atoms with Gasteiger partial charge < -0.3 is 4.90 Å². The second-order valence-electron chi connectivity index (χ2n) is 4.88. The predicted octanol–water partition coefficient (Wildman–Crippen LogP) is 3.51. The molecule has 2 heterocycles. The van der Waals surface area contributed by atoms with Gasteiger partial charge in [-0.3, -0.25) is 4.79 Å². The molecule has 17 heavy (non-hydrogen) atoms. The summed E-state index contributed by atoms with van der Waals surface area (Å²) in [4.78, 5) is 15.6. The van der Waals surface area contributed by atoms with Crippen molar-refractivity contribution < 1.29 is 4.79 Å². The minimum atomic E-state index is 0.311. The zero-order valence-electron chi connectivity index (χ0n) is 10.6. The lowest BCUT2D eigenvalue weighted by Gasteiger charge is -2.26. The molecule has 0 amide bonds. The highest BCUT2D eigenvalue weighted by atomic mass is 32.1. The summed E-state index contributed by atoms with van der Waals surface area (Å²) in [5, 5.41) is 1.98. The van der Waals surface area contributed by atoms with Crippen LogP contribution in [0.25, 0.3) is 0 Å². The molecule has 1 saturated heterocycles. The quantitative estimate of drug-likeness (QED) is 0.746. The first kappa shape index (κ1) is 12.8. The average molecular weight is 251 g/mol. The van der Waals surface area contributed by atoms with Crippen LogP contribution in [0.5, 0.6) is 0 Å². The molecule has 3 heteroatoms. The van der Waals surface area contributed by atoms with Crippen LogP contribution in [0, 0.1) is 6.92 Å². The number of carbonyl (C=O) groups is 1. The van der Waals surface area contributed by atoms with Gasteiger partial charge in [0.25, 0.3) is 0 Å². The zero-order valence-corrected chi connectivity index (χ0v) is 11.4. The first-order valence-electron chi connectivity index (χ1n) is 6.56. The molecule has 1 aromatic heterocycles. The highest BCUT2D eigenvalue weighted by Gasteiger charge is 2.11. The summed E-state index contributed by atoms with van der Waals surface area (Å²) in [5.74, 6) is 0.311. The number of aryl methyl sites for hydroxylation is 1. The second kappa shape index (κ2) is 6.31. The van der Waals surface area contributed by atoms with Crippen molar-refractivity contribution >= 4 is 17.1 Å². The maximum Gasteiger partial charge on any atom is 0.163 e. The van der Waals surface area contributed by atoms with E-state index in [0.717, 1.165) is 18.5 Å². The lowest BCUT2D eigenvalue weighted by atomic mass is 10.1. The van der Waals surface area contributed by atoms with E-state index in [1.165, 1.54) is 37.2 Å². The van der Waals surface area contributed by atoms with Crippen LogP contribution in [0.4, 0.5) is 0 Å². The standard InChI is InChI=1S/C14H21NOS/c1-12-10-13(11-17-12)14(16)6-5-9-15-7-3-2-4-8-15/h10-11H,2-9H2,1H3. The highest BCUT2D eigenvalue weighted by Crippen LogP contribution is 2.16. The van der Waals surface area contributed by atoms with Gasteiger partial charge in [0.1, 0.15) is 0 Å². The number of hydrogen-bond donors (Lipinski definition) is 0. The van der Waals surface area contributed by atoms with Crippen molar-refractivity contribution in [1.82, 2.24) is 4.90 Å². The van der Waals surface area contributed by atoms with E-state index in [2.05, 4.69) is 11.8 Å². The van der Waals surface area contributed by atoms with Gasteiger partial charge in [0.2, 0.25) is 0 Å². The molecule has 0 bridgehead atoms. The Labute approximate surface area is 108 Å². The Bertz CT molecular complexity index is 366. The number of hydrogen-bond acceptors (Lipinski definition) is 3. The molecule has 0 radical (unpaired) electrons. The van der Waals surface area contributed by atoms with Gasteiger partial charge in [0.15, 0.2) is 5.78 Å². The summed E-state index contributed by atoms with van der Waals surface area (Å²) < 4.78 is 0. The molecule has 0 spiro atoms. The lowest BCUT2D eigenvalue weighted by Crippen LogP contribution is -2.30. The van der Waals surface area contributed by atoms with Crippen LogP contribution < -0.4 is 0 Å². The minimum Gasteiger partial charge on any atom is -0.303 e. The van der Waals surface area contributed by atoms with Crippen molar-refractivity contribution in [3.63, 3.8) is 0 Å². The van der Waals surface area contributed by atoms with Crippen molar-refractivity contribution in [3.05, 3.63) is 21.9 Å². The minimum absolute atomic E-state index is 0.311. The van der Waals surface area contributed by atoms with E-state index in [0.29, 0.717) is 12.2 Å². The van der Waals surface area contributed by atoms with E-state index in [1.54, 1.807) is 11.3 Å². The van der Waals surface area contributed by atoms with Crippen LogP contribution in [-0.4, -0.2) is 30.3 Å². The second-order valence-corrected chi connectivity index (χ2v) is 5.99. The van der Waals surface area contributed by atoms with Crippen molar-refractivity contribution in [2.45, 2.75) is 39.0 Å². The lowest BCUT2D eigenvalue weighted by molar-refractivity contribution is 0.0973. The third-order valence-electron chi connectivity index (χ3n) is 3.38. The summed E-state index contributed by atoms with van der Waals surface area (Å²) in [7, 11) is 0. The number of likely N-dealkylation sites (tertiary alicyclic amines) is 1. The van der Waals surface area contributed by atoms with Gasteiger partial charge in [-0.15, -0.1) is 11.3 Å². The molecular weight excluding hydrogens is 230 g/mol. The first-order chi connectivity index (χ1) is 8.25. The molecule has 0 unspecified atom stereocenters. The monoisotopic (exact) mass is 251 g/mol. The van der Waals surface area contributed by atoms with Crippen LogP contribution >= 0.6 is 11.3 Å². The number of carbonyl (C=O) groups excluding carboxylic acids is 1. The molecule has 1 aliphatic rings. The fourth-order valence-corrected chi connectivity index (χ4v) is 3.09. The Kier molecular flexibility index (Phi) is 4.75. The van der Waals surface area contributed by atoms with E-state index < -0.39 is 0 Å². The first-order valence-corrected chi connectivity index (χ1v) is 7.44. The van der Waals surface area contributed by atoms with Crippen LogP contribution in [0.15, 0.2) is 11.4 Å². The molecule has 0 saturated carbocycles. The van der Waals surface area contributed by atoms with Crippen molar-refractivity contribution in [2.75, 3.05) is 19.6 Å². The van der Waals surface area contributed by atoms with Crippen molar-refractivity contribution in [3.8, 4) is 0 Å². The van der Waals surface area contributed by atoms with Crippen LogP contribution in [0.1, 0.15) is 47.3 Å². The van der Waals surface area contributed by atoms with Gasteiger partial charge in [-0.2, -0.15) is 0 Å². The van der Waals surface area contributed by atoms with E-state index in [1.807, 2.05) is 11.4 Å². The molecule has 0 aromatic carbocycles. The van der Waals surface area contributed by atoms with Gasteiger partial charge in [-0.1, -0.05) is 6.42 Å². The molecule has 0 aliphatic carbocycles. The number of Topliss-reactive ketones (excluding diaryl/α,β-unsaturated/α-hetero) is 1. The van der Waals surface area contributed by atoms with E-state index in [-0.39, 0.29) is 0 Å². The van der Waals surface area contributed by atoms with Gasteiger partial charge in [0, 0.05) is 22.2 Å². The molecule has 1 aromatic rings. The van der Waals surface area contributed by atoms with Crippen molar-refractivity contribution in [2.24, 2.45) is 0 Å². The fourth-order valence-electron chi connectivity index (χ4n) is 2.38. The summed E-state index contributed by atoms with van der Waals surface area (Å²) in [6.07, 6.45) is 5.75. The van der Waals surface area contributed by atoms with E-state index in [9.17, 15) is 4.79 Å². The summed E-state index contributed by atoms with van der Waals surface area (Å²) in [6, 6.07) is 2.01. The molecule has 2 rings (SSSR count). The number of rotatable bonds is 5. The van der Waals surface area contributed by atoms with E-state index in [4.69, 9.17) is 0 Å². The number of piperidine rings is 1. The smallest absolute Gasteiger partial charge is 0.163 e. The summed E-state index contributed by atoms with van der Waals surface area (Å²) in [6.45, 7) is 5.60. The van der Waals surface area contributed by atoms with E-state index >= 15 is 0 Å². The maximum atomic E-state index is 11.9. The topological polar surface area (TPSA) is 20.3 Å².